The highest BCUT2D eigenvalue weighted by Gasteiger charge is 2.23. The first kappa shape index (κ1) is 23.9. The Balaban J connectivity index is 1.22. The number of halogens is 2. The molecule has 1 fully saturated rings. The minimum Gasteiger partial charge on any atom is -0.347 e. The van der Waals surface area contributed by atoms with Crippen molar-refractivity contribution in [1.82, 2.24) is 35.0 Å². The van der Waals surface area contributed by atoms with Crippen molar-refractivity contribution in [3.63, 3.8) is 0 Å². The van der Waals surface area contributed by atoms with Gasteiger partial charge in [-0.05, 0) is 73.4 Å². The van der Waals surface area contributed by atoms with Crippen LogP contribution in [0.3, 0.4) is 0 Å². The number of amides is 1. The van der Waals surface area contributed by atoms with Crippen molar-refractivity contribution < 1.29 is 13.6 Å². The molecule has 0 atom stereocenters. The summed E-state index contributed by atoms with van der Waals surface area (Å²) in [5.74, 6) is 0.0326. The number of carbonyl (C=O) groups excluding carboxylic acids is 1. The van der Waals surface area contributed by atoms with Crippen molar-refractivity contribution in [1.29, 1.82) is 0 Å². The van der Waals surface area contributed by atoms with E-state index in [-0.39, 0.29) is 18.1 Å². The predicted molar refractivity (Wildman–Crippen MR) is 138 cm³/mol. The second-order valence-electron chi connectivity index (χ2n) is 9.59. The van der Waals surface area contributed by atoms with Crippen molar-refractivity contribution in [2.45, 2.75) is 45.1 Å². The van der Waals surface area contributed by atoms with E-state index in [2.05, 4.69) is 30.4 Å². The summed E-state index contributed by atoms with van der Waals surface area (Å²) in [4.78, 5) is 29.3. The van der Waals surface area contributed by atoms with Crippen molar-refractivity contribution in [2.24, 2.45) is 0 Å². The summed E-state index contributed by atoms with van der Waals surface area (Å²) >= 11 is 0. The molecular formula is C28H25F2N7O. The summed E-state index contributed by atoms with van der Waals surface area (Å²) in [7, 11) is 0. The van der Waals surface area contributed by atoms with E-state index in [0.29, 0.717) is 33.9 Å². The van der Waals surface area contributed by atoms with Gasteiger partial charge in [0.15, 0.2) is 11.3 Å². The maximum atomic E-state index is 14.6. The molecule has 3 aromatic heterocycles. The Bertz CT molecular complexity index is 1640. The number of aromatic amines is 1. The van der Waals surface area contributed by atoms with Crippen molar-refractivity contribution in [3.05, 3.63) is 89.4 Å². The second kappa shape index (κ2) is 9.77. The smallest absolute Gasteiger partial charge is 0.272 e. The lowest BCUT2D eigenvalue weighted by molar-refractivity contribution is 0.0947. The average Bonchev–Trinajstić information content (AvgIpc) is 3.67. The summed E-state index contributed by atoms with van der Waals surface area (Å²) in [6, 6.07) is 10.6. The highest BCUT2D eigenvalue weighted by Crippen LogP contribution is 2.33. The summed E-state index contributed by atoms with van der Waals surface area (Å²) in [5.41, 5.74) is 4.60. The third-order valence-electron chi connectivity index (χ3n) is 7.07. The molecule has 8 nitrogen and oxygen atoms in total. The number of H-pyrrole nitrogens is 1. The van der Waals surface area contributed by atoms with Crippen LogP contribution in [0, 0.1) is 18.6 Å². The number of aromatic nitrogens is 6. The Morgan fingerprint density at radius 3 is 2.66 bits per heavy atom. The zero-order valence-electron chi connectivity index (χ0n) is 20.7. The van der Waals surface area contributed by atoms with Crippen LogP contribution in [-0.4, -0.2) is 35.6 Å². The Labute approximate surface area is 217 Å². The molecule has 1 aliphatic carbocycles. The Morgan fingerprint density at radius 2 is 1.87 bits per heavy atom. The molecule has 0 unspecified atom stereocenters. The molecule has 6 rings (SSSR count). The molecule has 0 bridgehead atoms. The first-order valence-electron chi connectivity index (χ1n) is 12.6. The lowest BCUT2D eigenvalue weighted by Gasteiger charge is -2.09. The molecule has 1 amide bonds. The van der Waals surface area contributed by atoms with Crippen LogP contribution in [0.15, 0.2) is 55.0 Å². The molecule has 0 radical (unpaired) electrons. The molecule has 0 aliphatic heterocycles. The number of rotatable bonds is 6. The fourth-order valence-corrected chi connectivity index (χ4v) is 5.12. The topological polar surface area (TPSA) is 101 Å². The molecule has 2 N–H and O–H groups in total. The predicted octanol–water partition coefficient (Wildman–Crippen LogP) is 5.38. The van der Waals surface area contributed by atoms with Gasteiger partial charge < -0.3 is 10.3 Å². The fourth-order valence-electron chi connectivity index (χ4n) is 5.12. The van der Waals surface area contributed by atoms with E-state index >= 15 is 0 Å². The first-order chi connectivity index (χ1) is 18.5. The van der Waals surface area contributed by atoms with E-state index in [9.17, 15) is 13.6 Å². The zero-order chi connectivity index (χ0) is 26.2. The summed E-state index contributed by atoms with van der Waals surface area (Å²) in [6.45, 7) is 1.96. The van der Waals surface area contributed by atoms with Crippen molar-refractivity contribution in [3.8, 4) is 16.8 Å². The quantitative estimate of drug-likeness (QED) is 0.318. The molecule has 38 heavy (non-hydrogen) atoms. The van der Waals surface area contributed by atoms with Crippen LogP contribution in [0.5, 0.6) is 0 Å². The SMILES string of the molecule is Cc1c(-c2cc(F)cc(CNC(=O)c3ncnc4nc(C5CCCC5)[nH]c34)c2)cnn1-c1ccc(F)cc1. The number of hydrogen-bond donors (Lipinski definition) is 2. The summed E-state index contributed by atoms with van der Waals surface area (Å²) in [5, 5.41) is 7.25. The molecule has 0 spiro atoms. The van der Waals surface area contributed by atoms with Gasteiger partial charge in [-0.1, -0.05) is 12.8 Å². The molecule has 1 aliphatic rings. The standard InChI is InChI=1S/C28H25F2N7O/c1-16-23(14-34-37(16)22-8-6-20(29)7-9-22)19-10-17(11-21(30)12-19)13-31-28(38)25-24-27(33-15-32-25)36-26(35-24)18-4-2-3-5-18/h6-12,14-15,18H,2-5,13H2,1H3,(H,31,38)(H,32,33,35,36). The van der Waals surface area contributed by atoms with Gasteiger partial charge in [0.25, 0.3) is 5.91 Å². The van der Waals surface area contributed by atoms with Crippen molar-refractivity contribution >= 4 is 17.1 Å². The van der Waals surface area contributed by atoms with Crippen LogP contribution in [0.4, 0.5) is 8.78 Å². The molecule has 10 heteroatoms. The molecule has 2 aromatic carbocycles. The van der Waals surface area contributed by atoms with Gasteiger partial charge in [0.1, 0.15) is 29.3 Å². The van der Waals surface area contributed by atoms with Gasteiger partial charge in [0.05, 0.1) is 11.9 Å². The Morgan fingerprint density at radius 1 is 1.08 bits per heavy atom. The van der Waals surface area contributed by atoms with Gasteiger partial charge in [0.2, 0.25) is 0 Å². The molecule has 1 saturated carbocycles. The summed E-state index contributed by atoms with van der Waals surface area (Å²) in [6.07, 6.45) is 7.45. The van der Waals surface area contributed by atoms with Gasteiger partial charge in [-0.15, -0.1) is 0 Å². The third kappa shape index (κ3) is 4.53. The Hall–Kier alpha value is -4.47. The highest BCUT2D eigenvalue weighted by atomic mass is 19.1. The minimum atomic E-state index is -0.431. The van der Waals surface area contributed by atoms with Gasteiger partial charge >= 0.3 is 0 Å². The van der Waals surface area contributed by atoms with Crippen LogP contribution < -0.4 is 5.32 Å². The largest absolute Gasteiger partial charge is 0.347 e. The lowest BCUT2D eigenvalue weighted by Crippen LogP contribution is -2.24. The van der Waals surface area contributed by atoms with E-state index < -0.39 is 11.7 Å². The van der Waals surface area contributed by atoms with E-state index in [4.69, 9.17) is 0 Å². The number of benzene rings is 2. The van der Waals surface area contributed by atoms with E-state index in [0.717, 1.165) is 29.9 Å². The van der Waals surface area contributed by atoms with E-state index in [1.165, 1.54) is 43.4 Å². The zero-order valence-corrected chi connectivity index (χ0v) is 20.7. The molecule has 5 aromatic rings. The number of fused-ring (bicyclic) bond motifs is 1. The summed E-state index contributed by atoms with van der Waals surface area (Å²) < 4.78 is 29.6. The van der Waals surface area contributed by atoms with Crippen LogP contribution in [0.1, 0.15) is 59.2 Å². The van der Waals surface area contributed by atoms with Crippen LogP contribution in [-0.2, 0) is 6.54 Å². The van der Waals surface area contributed by atoms with Gasteiger partial charge in [-0.2, -0.15) is 5.10 Å². The Kier molecular flexibility index (Phi) is 6.15. The van der Waals surface area contributed by atoms with Crippen LogP contribution >= 0.6 is 0 Å². The van der Waals surface area contributed by atoms with Crippen LogP contribution in [0.2, 0.25) is 0 Å². The van der Waals surface area contributed by atoms with Crippen LogP contribution in [0.25, 0.3) is 28.0 Å². The third-order valence-corrected chi connectivity index (χ3v) is 7.07. The first-order valence-corrected chi connectivity index (χ1v) is 12.6. The number of carbonyl (C=O) groups is 1. The van der Waals surface area contributed by atoms with E-state index in [1.54, 1.807) is 23.0 Å². The van der Waals surface area contributed by atoms with Gasteiger partial charge in [-0.3, -0.25) is 4.79 Å². The maximum Gasteiger partial charge on any atom is 0.272 e. The maximum absolute atomic E-state index is 14.6. The van der Waals surface area contributed by atoms with Crippen molar-refractivity contribution in [2.75, 3.05) is 0 Å². The van der Waals surface area contributed by atoms with Gasteiger partial charge in [0, 0.05) is 23.7 Å². The number of imidazole rings is 1. The average molecular weight is 514 g/mol. The number of nitrogens with one attached hydrogen (secondary N) is 2. The number of nitrogens with zero attached hydrogens (tertiary/aromatic N) is 5. The second-order valence-corrected chi connectivity index (χ2v) is 9.59. The van der Waals surface area contributed by atoms with E-state index in [1.807, 2.05) is 13.0 Å². The fraction of sp³-hybridized carbons (Fsp3) is 0.250. The molecular weight excluding hydrogens is 488 g/mol. The normalized spacial score (nSPS) is 13.9. The lowest BCUT2D eigenvalue weighted by atomic mass is 10.0. The van der Waals surface area contributed by atoms with Gasteiger partial charge in [-0.25, -0.2) is 28.4 Å². The molecule has 3 heterocycles. The molecule has 192 valence electrons. The highest BCUT2D eigenvalue weighted by molar-refractivity contribution is 6.02. The number of hydrogen-bond acceptors (Lipinski definition) is 5. The monoisotopic (exact) mass is 513 g/mol. The minimum absolute atomic E-state index is 0.101. The molecule has 0 saturated heterocycles.